The zero-order chi connectivity index (χ0) is 15.2. The van der Waals surface area contributed by atoms with E-state index in [9.17, 15) is 14.7 Å². The fourth-order valence-electron chi connectivity index (χ4n) is 1.82. The van der Waals surface area contributed by atoms with Crippen LogP contribution >= 0.6 is 22.9 Å². The van der Waals surface area contributed by atoms with Crippen molar-refractivity contribution >= 4 is 34.7 Å². The second kappa shape index (κ2) is 7.36. The minimum atomic E-state index is -1.03. The minimum absolute atomic E-state index is 0.0949. The normalized spacial score (nSPS) is 12.0. The summed E-state index contributed by atoms with van der Waals surface area (Å²) in [5.74, 6) is -1.26. The predicted octanol–water partition coefficient (Wildman–Crippen LogP) is 3.22. The number of halogens is 1. The van der Waals surface area contributed by atoms with Crippen LogP contribution in [0.4, 0.5) is 0 Å². The van der Waals surface area contributed by atoms with Gasteiger partial charge in [-0.15, -0.1) is 11.3 Å². The molecule has 0 saturated carbocycles. The summed E-state index contributed by atoms with van der Waals surface area (Å²) in [6.45, 7) is 0.433. The maximum Gasteiger partial charge on any atom is 0.321 e. The number of rotatable bonds is 7. The molecule has 1 atom stereocenters. The summed E-state index contributed by atoms with van der Waals surface area (Å²) in [6, 6.07) is 9.34. The van der Waals surface area contributed by atoms with Gasteiger partial charge in [0, 0.05) is 28.4 Å². The lowest BCUT2D eigenvalue weighted by molar-refractivity contribution is -0.139. The molecule has 0 amide bonds. The Kier molecular flexibility index (Phi) is 5.50. The Balaban J connectivity index is 1.97. The summed E-state index contributed by atoms with van der Waals surface area (Å²) in [7, 11) is 0. The minimum Gasteiger partial charge on any atom is -0.480 e. The van der Waals surface area contributed by atoms with E-state index in [-0.39, 0.29) is 12.2 Å². The van der Waals surface area contributed by atoms with E-state index in [1.54, 1.807) is 24.3 Å². The number of benzene rings is 1. The van der Waals surface area contributed by atoms with Crippen LogP contribution in [0.3, 0.4) is 0 Å². The van der Waals surface area contributed by atoms with Gasteiger partial charge in [-0.2, -0.15) is 0 Å². The lowest BCUT2D eigenvalue weighted by Crippen LogP contribution is -2.37. The number of ketones is 1. The van der Waals surface area contributed by atoms with Crippen LogP contribution in [0.2, 0.25) is 5.02 Å². The van der Waals surface area contributed by atoms with Gasteiger partial charge in [0.05, 0.1) is 0 Å². The molecule has 0 spiro atoms. The van der Waals surface area contributed by atoms with Crippen LogP contribution < -0.4 is 5.32 Å². The van der Waals surface area contributed by atoms with Crippen molar-refractivity contribution in [3.8, 4) is 0 Å². The van der Waals surface area contributed by atoms with Crippen LogP contribution in [-0.2, 0) is 11.3 Å². The maximum atomic E-state index is 12.1. The van der Waals surface area contributed by atoms with E-state index in [1.807, 2.05) is 17.5 Å². The molecular formula is C15H14ClNO3S. The van der Waals surface area contributed by atoms with Gasteiger partial charge in [-0.3, -0.25) is 14.9 Å². The van der Waals surface area contributed by atoms with Gasteiger partial charge < -0.3 is 5.11 Å². The fraction of sp³-hybridized carbons (Fsp3) is 0.200. The largest absolute Gasteiger partial charge is 0.480 e. The molecule has 0 aliphatic rings. The third kappa shape index (κ3) is 4.67. The van der Waals surface area contributed by atoms with Gasteiger partial charge in [-0.25, -0.2) is 0 Å². The molecule has 21 heavy (non-hydrogen) atoms. The quantitative estimate of drug-likeness (QED) is 0.768. The molecule has 1 unspecified atom stereocenters. The van der Waals surface area contributed by atoms with Crippen LogP contribution in [0, 0.1) is 0 Å². The number of hydrogen-bond acceptors (Lipinski definition) is 4. The summed E-state index contributed by atoms with van der Waals surface area (Å²) < 4.78 is 0. The Morgan fingerprint density at radius 2 is 1.95 bits per heavy atom. The average molecular weight is 324 g/mol. The number of thiophene rings is 1. The maximum absolute atomic E-state index is 12.1. The van der Waals surface area contributed by atoms with Gasteiger partial charge in [0.2, 0.25) is 0 Å². The highest BCUT2D eigenvalue weighted by atomic mass is 35.5. The van der Waals surface area contributed by atoms with Crippen molar-refractivity contribution in [1.82, 2.24) is 5.32 Å². The molecule has 6 heteroatoms. The smallest absolute Gasteiger partial charge is 0.321 e. The van der Waals surface area contributed by atoms with E-state index < -0.39 is 12.0 Å². The first-order valence-corrected chi connectivity index (χ1v) is 7.59. The van der Waals surface area contributed by atoms with Gasteiger partial charge in [0.15, 0.2) is 5.78 Å². The third-order valence-corrected chi connectivity index (χ3v) is 4.08. The van der Waals surface area contributed by atoms with Gasteiger partial charge in [-0.05, 0) is 35.7 Å². The van der Waals surface area contributed by atoms with Crippen molar-refractivity contribution in [3.63, 3.8) is 0 Å². The van der Waals surface area contributed by atoms with Crippen molar-refractivity contribution in [2.45, 2.75) is 19.0 Å². The highest BCUT2D eigenvalue weighted by molar-refractivity contribution is 7.09. The number of carboxylic acid groups (broad SMARTS) is 1. The summed E-state index contributed by atoms with van der Waals surface area (Å²) in [6.07, 6.45) is -0.0949. The lowest BCUT2D eigenvalue weighted by Gasteiger charge is -2.13. The lowest BCUT2D eigenvalue weighted by atomic mass is 10.0. The Bertz CT molecular complexity index is 610. The van der Waals surface area contributed by atoms with Crippen LogP contribution in [0.25, 0.3) is 0 Å². The van der Waals surface area contributed by atoms with E-state index in [2.05, 4.69) is 5.32 Å². The third-order valence-electron chi connectivity index (χ3n) is 2.96. The SMILES string of the molecule is O=C(CC(NCc1cccs1)C(=O)O)c1ccc(Cl)cc1. The van der Waals surface area contributed by atoms with Crippen molar-refractivity contribution in [2.24, 2.45) is 0 Å². The first kappa shape index (κ1) is 15.7. The van der Waals surface area contributed by atoms with E-state index in [0.717, 1.165) is 4.88 Å². The summed E-state index contributed by atoms with van der Waals surface area (Å²) in [5.41, 5.74) is 0.462. The Morgan fingerprint density at radius 3 is 2.52 bits per heavy atom. The number of carboxylic acids is 1. The standard InChI is InChI=1S/C15H14ClNO3S/c16-11-5-3-10(4-6-11)14(18)8-13(15(19)20)17-9-12-2-1-7-21-12/h1-7,13,17H,8-9H2,(H,19,20). The highest BCUT2D eigenvalue weighted by Gasteiger charge is 2.21. The summed E-state index contributed by atoms with van der Waals surface area (Å²) in [5, 5.41) is 14.6. The van der Waals surface area contributed by atoms with Crippen molar-refractivity contribution in [1.29, 1.82) is 0 Å². The van der Waals surface area contributed by atoms with E-state index in [4.69, 9.17) is 11.6 Å². The predicted molar refractivity (Wildman–Crippen MR) is 83.0 cm³/mol. The van der Waals surface area contributed by atoms with Crippen LogP contribution in [-0.4, -0.2) is 22.9 Å². The Morgan fingerprint density at radius 1 is 1.24 bits per heavy atom. The molecule has 2 N–H and O–H groups in total. The molecule has 0 aliphatic carbocycles. The number of nitrogens with one attached hydrogen (secondary N) is 1. The van der Waals surface area contributed by atoms with Crippen LogP contribution in [0.15, 0.2) is 41.8 Å². The Labute approximate surface area is 131 Å². The number of hydrogen-bond donors (Lipinski definition) is 2. The molecule has 0 aliphatic heterocycles. The number of aliphatic carboxylic acids is 1. The van der Waals surface area contributed by atoms with E-state index >= 15 is 0 Å². The molecule has 2 rings (SSSR count). The first-order chi connectivity index (χ1) is 10.1. The highest BCUT2D eigenvalue weighted by Crippen LogP contribution is 2.13. The van der Waals surface area contributed by atoms with Gasteiger partial charge >= 0.3 is 5.97 Å². The van der Waals surface area contributed by atoms with Gasteiger partial charge in [0.1, 0.15) is 6.04 Å². The number of carbonyl (C=O) groups is 2. The average Bonchev–Trinajstić information content (AvgIpc) is 2.96. The van der Waals surface area contributed by atoms with Crippen molar-refractivity contribution < 1.29 is 14.7 Å². The molecule has 0 saturated heterocycles. The van der Waals surface area contributed by atoms with Gasteiger partial charge in [-0.1, -0.05) is 17.7 Å². The first-order valence-electron chi connectivity index (χ1n) is 6.33. The second-order valence-electron chi connectivity index (χ2n) is 4.49. The molecular weight excluding hydrogens is 310 g/mol. The Hall–Kier alpha value is -1.69. The number of Topliss-reactive ketones (excluding diaryl/α,β-unsaturated/α-hetero) is 1. The molecule has 0 fully saturated rings. The van der Waals surface area contributed by atoms with Crippen LogP contribution in [0.5, 0.6) is 0 Å². The molecule has 110 valence electrons. The summed E-state index contributed by atoms with van der Waals surface area (Å²) >= 11 is 7.30. The van der Waals surface area contributed by atoms with Gasteiger partial charge in [0.25, 0.3) is 0 Å². The number of carbonyl (C=O) groups excluding carboxylic acids is 1. The summed E-state index contributed by atoms with van der Waals surface area (Å²) in [4.78, 5) is 24.4. The molecule has 0 radical (unpaired) electrons. The molecule has 4 nitrogen and oxygen atoms in total. The van der Waals surface area contributed by atoms with Crippen molar-refractivity contribution in [2.75, 3.05) is 0 Å². The molecule has 1 heterocycles. The zero-order valence-electron chi connectivity index (χ0n) is 11.1. The van der Waals surface area contributed by atoms with E-state index in [0.29, 0.717) is 17.1 Å². The molecule has 0 bridgehead atoms. The topological polar surface area (TPSA) is 66.4 Å². The molecule has 1 aromatic heterocycles. The van der Waals surface area contributed by atoms with E-state index in [1.165, 1.54) is 11.3 Å². The zero-order valence-corrected chi connectivity index (χ0v) is 12.7. The van der Waals surface area contributed by atoms with Crippen LogP contribution in [0.1, 0.15) is 21.7 Å². The second-order valence-corrected chi connectivity index (χ2v) is 5.95. The molecule has 1 aromatic carbocycles. The molecule has 2 aromatic rings. The monoisotopic (exact) mass is 323 g/mol. The fourth-order valence-corrected chi connectivity index (χ4v) is 2.60. The van der Waals surface area contributed by atoms with Crippen molar-refractivity contribution in [3.05, 3.63) is 57.2 Å².